The number of fused-ring (bicyclic) bond motifs is 4. The monoisotopic (exact) mass is 757 g/mol. The average Bonchev–Trinajstić information content (AvgIpc) is 3.58. The molecule has 284 valence electrons. The molecule has 2 atom stereocenters. The molecule has 1 aromatic carbocycles. The number of likely N-dealkylation sites (tertiary alicyclic amines) is 1. The lowest BCUT2D eigenvalue weighted by Crippen LogP contribution is -2.62. The molecular formula is C34H41F6N7O4S. The Balaban J connectivity index is 1.06. The van der Waals surface area contributed by atoms with E-state index in [2.05, 4.69) is 15.1 Å². The van der Waals surface area contributed by atoms with Crippen LogP contribution in [0.1, 0.15) is 47.3 Å². The van der Waals surface area contributed by atoms with E-state index in [0.717, 1.165) is 43.0 Å². The molecule has 1 unspecified atom stereocenters. The summed E-state index contributed by atoms with van der Waals surface area (Å²) in [6.45, 7) is 5.50. The molecule has 8 rings (SSSR count). The van der Waals surface area contributed by atoms with Crippen molar-refractivity contribution in [3.63, 3.8) is 0 Å². The molecular weight excluding hydrogens is 716 g/mol. The number of benzene rings is 1. The highest BCUT2D eigenvalue weighted by Gasteiger charge is 2.43. The van der Waals surface area contributed by atoms with E-state index in [1.807, 2.05) is 11.4 Å². The number of halogens is 6. The Hall–Kier alpha value is -3.77. The van der Waals surface area contributed by atoms with E-state index < -0.39 is 59.3 Å². The molecule has 0 spiro atoms. The van der Waals surface area contributed by atoms with Crippen LogP contribution in [0.3, 0.4) is 0 Å². The van der Waals surface area contributed by atoms with Gasteiger partial charge < -0.3 is 35.4 Å². The summed E-state index contributed by atoms with van der Waals surface area (Å²) in [6, 6.07) is 2.74. The van der Waals surface area contributed by atoms with Crippen molar-refractivity contribution in [3.05, 3.63) is 45.1 Å². The predicted octanol–water partition coefficient (Wildman–Crippen LogP) is 5.17. The quantitative estimate of drug-likeness (QED) is 0.309. The molecule has 6 aliphatic rings. The van der Waals surface area contributed by atoms with E-state index >= 15 is 0 Å². The second-order valence-electron chi connectivity index (χ2n) is 14.3. The van der Waals surface area contributed by atoms with Crippen LogP contribution in [0.25, 0.3) is 0 Å². The van der Waals surface area contributed by atoms with Gasteiger partial charge in [-0.05, 0) is 73.8 Å². The van der Waals surface area contributed by atoms with Gasteiger partial charge in [0.15, 0.2) is 6.10 Å². The number of nitrogens with zero attached hydrogens (tertiary/aromatic N) is 5. The second kappa shape index (κ2) is 14.2. The highest BCUT2D eigenvalue weighted by molar-refractivity contribution is 7.10. The van der Waals surface area contributed by atoms with E-state index in [9.17, 15) is 40.7 Å². The summed E-state index contributed by atoms with van der Waals surface area (Å²) in [5, 5.41) is 4.76. The van der Waals surface area contributed by atoms with Crippen LogP contribution in [0.15, 0.2) is 23.6 Å². The molecule has 0 saturated carbocycles. The van der Waals surface area contributed by atoms with Crippen molar-refractivity contribution in [2.24, 2.45) is 5.92 Å². The van der Waals surface area contributed by atoms with Gasteiger partial charge in [0.25, 0.3) is 5.91 Å². The number of anilines is 2. The first-order valence-corrected chi connectivity index (χ1v) is 18.4. The maximum atomic E-state index is 14.0. The Bertz CT molecular complexity index is 1630. The molecule has 18 heteroatoms. The summed E-state index contributed by atoms with van der Waals surface area (Å²) in [7, 11) is 0. The zero-order valence-corrected chi connectivity index (χ0v) is 29.2. The van der Waals surface area contributed by atoms with E-state index in [1.54, 1.807) is 4.90 Å². The first-order valence-electron chi connectivity index (χ1n) is 17.6. The van der Waals surface area contributed by atoms with E-state index in [1.165, 1.54) is 21.1 Å². The third-order valence-electron chi connectivity index (χ3n) is 11.2. The number of nitrogens with one attached hydrogen (secondary N) is 1. The van der Waals surface area contributed by atoms with Gasteiger partial charge in [0.05, 0.1) is 29.0 Å². The summed E-state index contributed by atoms with van der Waals surface area (Å²) < 4.78 is 89.0. The van der Waals surface area contributed by atoms with Crippen LogP contribution in [0, 0.1) is 5.92 Å². The van der Waals surface area contributed by atoms with Crippen LogP contribution in [0.2, 0.25) is 0 Å². The summed E-state index contributed by atoms with van der Waals surface area (Å²) in [4.78, 5) is 50.7. The number of carbonyl (C=O) groups is 3. The van der Waals surface area contributed by atoms with Gasteiger partial charge in [-0.15, -0.1) is 11.3 Å². The van der Waals surface area contributed by atoms with Crippen molar-refractivity contribution in [2.45, 2.75) is 69.2 Å². The predicted molar refractivity (Wildman–Crippen MR) is 179 cm³/mol. The number of urea groups is 1. The van der Waals surface area contributed by atoms with Crippen LogP contribution in [0.4, 0.5) is 47.3 Å². The largest absolute Gasteiger partial charge is 0.436 e. The zero-order valence-electron chi connectivity index (χ0n) is 28.3. The van der Waals surface area contributed by atoms with Gasteiger partial charge in [0.1, 0.15) is 0 Å². The minimum Gasteiger partial charge on any atom is -0.436 e. The van der Waals surface area contributed by atoms with Crippen molar-refractivity contribution >= 4 is 40.7 Å². The number of nitrogen functional groups attached to an aromatic ring is 1. The number of piperidine rings is 4. The molecule has 6 aliphatic heterocycles. The van der Waals surface area contributed by atoms with Gasteiger partial charge in [-0.3, -0.25) is 9.69 Å². The number of ether oxygens (including phenoxy) is 1. The smallest absolute Gasteiger partial charge is 0.418 e. The minimum atomic E-state index is -5.21. The maximum absolute atomic E-state index is 14.0. The van der Waals surface area contributed by atoms with Gasteiger partial charge in [-0.1, -0.05) is 0 Å². The molecule has 2 aromatic rings. The average molecular weight is 758 g/mol. The van der Waals surface area contributed by atoms with Crippen LogP contribution in [-0.2, 0) is 34.8 Å². The molecule has 2 bridgehead atoms. The van der Waals surface area contributed by atoms with Crippen LogP contribution in [-0.4, -0.2) is 120 Å². The normalized spacial score (nSPS) is 25.2. The number of hydrogen-bond donors (Lipinski definition) is 2. The summed E-state index contributed by atoms with van der Waals surface area (Å²) in [5.74, 6) is -0.119. The number of nitrogens with two attached hydrogens (primary N) is 1. The summed E-state index contributed by atoms with van der Waals surface area (Å²) in [5.41, 5.74) is 0.810. The topological polar surface area (TPSA) is 115 Å². The van der Waals surface area contributed by atoms with E-state index in [-0.39, 0.29) is 38.3 Å². The Labute approximate surface area is 300 Å². The van der Waals surface area contributed by atoms with E-state index in [4.69, 9.17) is 10.5 Å². The number of amides is 4. The Morgan fingerprint density at radius 3 is 2.12 bits per heavy atom. The van der Waals surface area contributed by atoms with Crippen molar-refractivity contribution in [3.8, 4) is 0 Å². The third-order valence-corrected chi connectivity index (χ3v) is 12.1. The van der Waals surface area contributed by atoms with Gasteiger partial charge >= 0.3 is 24.5 Å². The Morgan fingerprint density at radius 2 is 1.54 bits per heavy atom. The van der Waals surface area contributed by atoms with Gasteiger partial charge in [0.2, 0.25) is 0 Å². The lowest BCUT2D eigenvalue weighted by Gasteiger charge is -2.51. The maximum Gasteiger partial charge on any atom is 0.418 e. The van der Waals surface area contributed by atoms with Gasteiger partial charge in [0, 0.05) is 69.2 Å². The minimum absolute atomic E-state index is 0.169. The molecule has 0 radical (unpaired) electrons. The van der Waals surface area contributed by atoms with Gasteiger partial charge in [-0.2, -0.15) is 26.3 Å². The second-order valence-corrected chi connectivity index (χ2v) is 15.3. The highest BCUT2D eigenvalue weighted by Crippen LogP contribution is 2.42. The SMILES string of the molecule is Nc1c(C(F)(F)F)cc(C[C@@H](OC(=O)N2CCC(N3Cc4sccc4NC3=O)CC2)C(=O)N2CCN(C3CN4CCC3CC4)CC2)cc1C(F)(F)F. The first kappa shape index (κ1) is 36.6. The number of hydrogen-bond acceptors (Lipinski definition) is 8. The molecule has 1 aromatic heterocycles. The number of thiophene rings is 1. The van der Waals surface area contributed by atoms with Crippen LogP contribution in [0.5, 0.6) is 0 Å². The summed E-state index contributed by atoms with van der Waals surface area (Å²) in [6.07, 6.45) is -10.7. The molecule has 4 amide bonds. The highest BCUT2D eigenvalue weighted by atomic mass is 32.1. The van der Waals surface area contributed by atoms with Crippen LogP contribution >= 0.6 is 11.3 Å². The number of carbonyl (C=O) groups excluding carboxylic acids is 3. The molecule has 5 saturated heterocycles. The fourth-order valence-corrected chi connectivity index (χ4v) is 9.19. The molecule has 11 nitrogen and oxygen atoms in total. The molecule has 3 N–H and O–H groups in total. The fraction of sp³-hybridized carbons (Fsp3) is 0.618. The standard InChI is InChI=1S/C34H41F6N7O4S/c35-33(36,37)23-15-20(16-24(29(23)41)34(38,39)40)17-27(30(48)45-12-10-44(11-13-45)26-18-43-6-1-21(26)2-7-43)51-32(50)46-8-3-22(4-9-46)47-19-28-25(5-14-52-28)42-31(47)49/h5,14-16,21-22,26-27H,1-4,6-13,17-19,41H2,(H,42,49)/t26?,27-/m1/s1. The zero-order chi connectivity index (χ0) is 36.9. The molecule has 7 heterocycles. The van der Waals surface area contributed by atoms with Crippen molar-refractivity contribution in [1.82, 2.24) is 24.5 Å². The molecule has 0 aliphatic carbocycles. The van der Waals surface area contributed by atoms with Crippen LogP contribution < -0.4 is 11.1 Å². The number of alkyl halides is 6. The lowest BCUT2D eigenvalue weighted by molar-refractivity contribution is -0.143. The number of piperazine rings is 1. The van der Waals surface area contributed by atoms with Crippen molar-refractivity contribution < 1.29 is 45.5 Å². The fourth-order valence-electron chi connectivity index (χ4n) is 8.36. The lowest BCUT2D eigenvalue weighted by atomic mass is 9.83. The Morgan fingerprint density at radius 1 is 0.904 bits per heavy atom. The first-order chi connectivity index (χ1) is 24.7. The van der Waals surface area contributed by atoms with Crippen molar-refractivity contribution in [2.75, 3.05) is 70.0 Å². The third kappa shape index (κ3) is 7.51. The van der Waals surface area contributed by atoms with E-state index in [0.29, 0.717) is 56.6 Å². The van der Waals surface area contributed by atoms with Gasteiger partial charge in [-0.25, -0.2) is 9.59 Å². The Kier molecular flexibility index (Phi) is 10.0. The summed E-state index contributed by atoms with van der Waals surface area (Å²) >= 11 is 1.52. The molecule has 5 fully saturated rings. The number of rotatable bonds is 6. The molecule has 52 heavy (non-hydrogen) atoms. The van der Waals surface area contributed by atoms with Crippen molar-refractivity contribution in [1.29, 1.82) is 0 Å².